The van der Waals surface area contributed by atoms with E-state index in [2.05, 4.69) is 45.5 Å². The van der Waals surface area contributed by atoms with Gasteiger partial charge in [-0.25, -0.2) is 0 Å². The van der Waals surface area contributed by atoms with Gasteiger partial charge in [0.1, 0.15) is 0 Å². The first-order valence-electron chi connectivity index (χ1n) is 6.35. The molecule has 2 rings (SSSR count). The van der Waals surface area contributed by atoms with E-state index in [-0.39, 0.29) is 5.91 Å². The van der Waals surface area contributed by atoms with Gasteiger partial charge in [0, 0.05) is 16.6 Å². The summed E-state index contributed by atoms with van der Waals surface area (Å²) in [4.78, 5) is 11.9. The van der Waals surface area contributed by atoms with E-state index >= 15 is 0 Å². The van der Waals surface area contributed by atoms with Crippen LogP contribution in [0.3, 0.4) is 0 Å². The van der Waals surface area contributed by atoms with Crippen molar-refractivity contribution in [1.82, 2.24) is 0 Å². The minimum absolute atomic E-state index is 0.0102. The molecule has 0 heterocycles. The number of rotatable bonds is 4. The van der Waals surface area contributed by atoms with Crippen LogP contribution in [-0.4, -0.2) is 5.91 Å². The highest BCUT2D eigenvalue weighted by Gasteiger charge is 2.05. The Hall–Kier alpha value is -1.32. The summed E-state index contributed by atoms with van der Waals surface area (Å²) in [6, 6.07) is 13.6. The predicted octanol–water partition coefficient (Wildman–Crippen LogP) is 4.98. The van der Waals surface area contributed by atoms with Gasteiger partial charge in [0.15, 0.2) is 0 Å². The van der Waals surface area contributed by atoms with Gasteiger partial charge in [-0.3, -0.25) is 4.79 Å². The van der Waals surface area contributed by atoms with Crippen LogP contribution >= 0.6 is 27.5 Å². The molecule has 0 aliphatic rings. The second-order valence-corrected chi connectivity index (χ2v) is 5.92. The van der Waals surface area contributed by atoms with Crippen molar-refractivity contribution in [3.8, 4) is 0 Å². The Kier molecular flexibility index (Phi) is 5.21. The lowest BCUT2D eigenvalue weighted by atomic mass is 10.1. The maximum atomic E-state index is 11.9. The lowest BCUT2D eigenvalue weighted by molar-refractivity contribution is -0.116. The Balaban J connectivity index is 1.89. The van der Waals surface area contributed by atoms with E-state index in [9.17, 15) is 4.79 Å². The van der Waals surface area contributed by atoms with Crippen LogP contribution in [0.2, 0.25) is 5.02 Å². The van der Waals surface area contributed by atoms with Gasteiger partial charge in [-0.1, -0.05) is 41.4 Å². The fourth-order valence-corrected chi connectivity index (χ4v) is 2.24. The number of carbonyl (C=O) groups excluding carboxylic acids is 1. The minimum Gasteiger partial charge on any atom is -0.326 e. The average Bonchev–Trinajstić information content (AvgIpc) is 2.42. The maximum Gasteiger partial charge on any atom is 0.224 e. The lowest BCUT2D eigenvalue weighted by Gasteiger charge is -2.07. The predicted molar refractivity (Wildman–Crippen MR) is 87.3 cm³/mol. The van der Waals surface area contributed by atoms with Gasteiger partial charge in [-0.05, 0) is 53.0 Å². The van der Waals surface area contributed by atoms with Gasteiger partial charge in [0.25, 0.3) is 0 Å². The molecule has 0 fully saturated rings. The summed E-state index contributed by atoms with van der Waals surface area (Å²) in [7, 11) is 0. The Labute approximate surface area is 132 Å². The van der Waals surface area contributed by atoms with E-state index in [1.54, 1.807) is 6.07 Å². The largest absolute Gasteiger partial charge is 0.326 e. The van der Waals surface area contributed by atoms with Crippen LogP contribution in [0, 0.1) is 6.92 Å². The van der Waals surface area contributed by atoms with Crippen molar-refractivity contribution in [3.63, 3.8) is 0 Å². The molecular weight excluding hydrogens is 338 g/mol. The third-order valence-corrected chi connectivity index (χ3v) is 4.20. The fraction of sp³-hybridized carbons (Fsp3) is 0.188. The number of hydrogen-bond donors (Lipinski definition) is 1. The summed E-state index contributed by atoms with van der Waals surface area (Å²) in [6.45, 7) is 2.05. The summed E-state index contributed by atoms with van der Waals surface area (Å²) in [5.74, 6) is -0.0102. The van der Waals surface area contributed by atoms with E-state index < -0.39 is 0 Å². The van der Waals surface area contributed by atoms with Crippen molar-refractivity contribution in [2.45, 2.75) is 19.8 Å². The van der Waals surface area contributed by atoms with Crippen LogP contribution in [0.1, 0.15) is 17.5 Å². The molecule has 2 nitrogen and oxygen atoms in total. The van der Waals surface area contributed by atoms with E-state index in [1.807, 2.05) is 19.1 Å². The Morgan fingerprint density at radius 3 is 2.55 bits per heavy atom. The molecule has 2 aromatic carbocycles. The highest BCUT2D eigenvalue weighted by atomic mass is 79.9. The number of aryl methyl sites for hydroxylation is 2. The monoisotopic (exact) mass is 351 g/mol. The van der Waals surface area contributed by atoms with E-state index in [4.69, 9.17) is 11.6 Å². The third kappa shape index (κ3) is 4.36. The number of anilines is 1. The molecular formula is C16H15BrClNO. The summed E-state index contributed by atoms with van der Waals surface area (Å²) in [5, 5.41) is 3.43. The van der Waals surface area contributed by atoms with Crippen molar-refractivity contribution in [1.29, 1.82) is 0 Å². The molecule has 0 saturated heterocycles. The first-order chi connectivity index (χ1) is 9.54. The van der Waals surface area contributed by atoms with Gasteiger partial charge in [0.2, 0.25) is 5.91 Å². The van der Waals surface area contributed by atoms with Gasteiger partial charge in [-0.15, -0.1) is 0 Å². The lowest BCUT2D eigenvalue weighted by Crippen LogP contribution is -2.12. The van der Waals surface area contributed by atoms with E-state index in [0.717, 1.165) is 10.9 Å². The third-order valence-electron chi connectivity index (χ3n) is 2.96. The Morgan fingerprint density at radius 1 is 1.20 bits per heavy atom. The van der Waals surface area contributed by atoms with Crippen LogP contribution < -0.4 is 5.32 Å². The zero-order valence-electron chi connectivity index (χ0n) is 11.1. The number of halogens is 2. The standard InChI is InChI=1S/C16H15BrClNO/c1-11-2-4-12(5-3-11)6-9-16(20)19-13-7-8-14(17)15(18)10-13/h2-5,7-8,10H,6,9H2,1H3,(H,19,20). The van der Waals surface area contributed by atoms with Gasteiger partial charge in [-0.2, -0.15) is 0 Å². The van der Waals surface area contributed by atoms with Crippen molar-refractivity contribution >= 4 is 39.1 Å². The van der Waals surface area contributed by atoms with Crippen molar-refractivity contribution in [2.75, 3.05) is 5.32 Å². The molecule has 0 aliphatic carbocycles. The van der Waals surface area contributed by atoms with Gasteiger partial charge >= 0.3 is 0 Å². The van der Waals surface area contributed by atoms with Gasteiger partial charge < -0.3 is 5.32 Å². The molecule has 0 aliphatic heterocycles. The molecule has 0 radical (unpaired) electrons. The zero-order valence-corrected chi connectivity index (χ0v) is 13.5. The molecule has 0 bridgehead atoms. The van der Waals surface area contributed by atoms with Crippen LogP contribution in [0.15, 0.2) is 46.9 Å². The first-order valence-corrected chi connectivity index (χ1v) is 7.52. The van der Waals surface area contributed by atoms with E-state index in [1.165, 1.54) is 11.1 Å². The molecule has 4 heteroatoms. The average molecular weight is 353 g/mol. The SMILES string of the molecule is Cc1ccc(CCC(=O)Nc2ccc(Br)c(Cl)c2)cc1. The first kappa shape index (κ1) is 15.1. The minimum atomic E-state index is -0.0102. The fourth-order valence-electron chi connectivity index (χ4n) is 1.81. The smallest absolute Gasteiger partial charge is 0.224 e. The second-order valence-electron chi connectivity index (χ2n) is 4.66. The summed E-state index contributed by atoms with van der Waals surface area (Å²) < 4.78 is 0.817. The summed E-state index contributed by atoms with van der Waals surface area (Å²) in [5.41, 5.74) is 3.11. The van der Waals surface area contributed by atoms with E-state index in [0.29, 0.717) is 17.1 Å². The molecule has 0 atom stereocenters. The van der Waals surface area contributed by atoms with Crippen LogP contribution in [0.4, 0.5) is 5.69 Å². The Morgan fingerprint density at radius 2 is 1.90 bits per heavy atom. The molecule has 0 spiro atoms. The van der Waals surface area contributed by atoms with Crippen LogP contribution in [0.5, 0.6) is 0 Å². The second kappa shape index (κ2) is 6.91. The summed E-state index contributed by atoms with van der Waals surface area (Å²) in [6.07, 6.45) is 1.19. The molecule has 0 aromatic heterocycles. The number of nitrogens with one attached hydrogen (secondary N) is 1. The van der Waals surface area contributed by atoms with Crippen molar-refractivity contribution in [3.05, 3.63) is 63.1 Å². The van der Waals surface area contributed by atoms with Crippen LogP contribution in [0.25, 0.3) is 0 Å². The molecule has 2 aromatic rings. The highest BCUT2D eigenvalue weighted by molar-refractivity contribution is 9.10. The molecule has 0 saturated carbocycles. The number of benzene rings is 2. The highest BCUT2D eigenvalue weighted by Crippen LogP contribution is 2.25. The number of carbonyl (C=O) groups is 1. The molecule has 0 unspecified atom stereocenters. The topological polar surface area (TPSA) is 29.1 Å². The Bertz CT molecular complexity index is 610. The van der Waals surface area contributed by atoms with Crippen molar-refractivity contribution < 1.29 is 4.79 Å². The zero-order chi connectivity index (χ0) is 14.5. The summed E-state index contributed by atoms with van der Waals surface area (Å²) >= 11 is 9.30. The molecule has 1 amide bonds. The maximum absolute atomic E-state index is 11.9. The molecule has 20 heavy (non-hydrogen) atoms. The number of hydrogen-bond acceptors (Lipinski definition) is 1. The number of amides is 1. The molecule has 1 N–H and O–H groups in total. The quantitative estimate of drug-likeness (QED) is 0.826. The molecule has 104 valence electrons. The van der Waals surface area contributed by atoms with Crippen LogP contribution in [-0.2, 0) is 11.2 Å². The van der Waals surface area contributed by atoms with Crippen molar-refractivity contribution in [2.24, 2.45) is 0 Å². The normalized spacial score (nSPS) is 10.3. The van der Waals surface area contributed by atoms with Gasteiger partial charge in [0.05, 0.1) is 5.02 Å².